The van der Waals surface area contributed by atoms with Gasteiger partial charge in [0.25, 0.3) is 0 Å². The van der Waals surface area contributed by atoms with Crippen LogP contribution in [0.1, 0.15) is 64.5 Å². The zero-order valence-electron chi connectivity index (χ0n) is 15.3. The smallest absolute Gasteiger partial charge is 0.139 e. The van der Waals surface area contributed by atoms with E-state index < -0.39 is 5.60 Å². The highest BCUT2D eigenvalue weighted by Crippen LogP contribution is 2.18. The lowest BCUT2D eigenvalue weighted by atomic mass is 9.96. The van der Waals surface area contributed by atoms with Crippen molar-refractivity contribution in [1.82, 2.24) is 4.98 Å². The minimum atomic E-state index is -0.898. The van der Waals surface area contributed by atoms with Crippen LogP contribution in [0.5, 0.6) is 0 Å². The summed E-state index contributed by atoms with van der Waals surface area (Å²) in [5.74, 6) is 6.35. The summed E-state index contributed by atoms with van der Waals surface area (Å²) in [4.78, 5) is 5.77. The molecule has 3 nitrogen and oxygen atoms in total. The number of quaternary nitrogens is 1. The number of hydrogen-bond donors (Lipinski definition) is 2. The highest BCUT2D eigenvalue weighted by Gasteiger charge is 2.27. The van der Waals surface area contributed by atoms with Crippen LogP contribution in [-0.4, -0.2) is 28.8 Å². The van der Waals surface area contributed by atoms with Crippen molar-refractivity contribution < 1.29 is 10.0 Å². The molecule has 1 fully saturated rings. The first-order valence-corrected chi connectivity index (χ1v) is 9.08. The first kappa shape index (κ1) is 18.7. The lowest BCUT2D eigenvalue weighted by molar-refractivity contribution is -0.930. The molecule has 0 aliphatic carbocycles. The van der Waals surface area contributed by atoms with E-state index in [0.29, 0.717) is 12.5 Å². The molecule has 1 unspecified atom stereocenters. The van der Waals surface area contributed by atoms with E-state index in [1.54, 1.807) is 0 Å². The maximum absolute atomic E-state index is 10.4. The Labute approximate surface area is 146 Å². The molecule has 0 amide bonds. The van der Waals surface area contributed by atoms with Crippen LogP contribution in [0, 0.1) is 11.8 Å². The van der Waals surface area contributed by atoms with E-state index in [0.717, 1.165) is 19.5 Å². The Kier molecular flexibility index (Phi) is 7.02. The maximum Gasteiger partial charge on any atom is 0.139 e. The number of likely N-dealkylation sites (tertiary alicyclic amines) is 1. The molecule has 0 spiro atoms. The Morgan fingerprint density at radius 2 is 2.29 bits per heavy atom. The third-order valence-electron chi connectivity index (χ3n) is 4.68. The molecular weight excluding hydrogens is 296 g/mol. The van der Waals surface area contributed by atoms with Crippen molar-refractivity contribution in [3.8, 4) is 11.8 Å². The topological polar surface area (TPSA) is 37.6 Å². The van der Waals surface area contributed by atoms with Crippen molar-refractivity contribution >= 4 is 0 Å². The Balaban J connectivity index is 1.95. The summed E-state index contributed by atoms with van der Waals surface area (Å²) in [7, 11) is 0. The number of nitrogens with one attached hydrogen (secondary N) is 1. The molecule has 1 aromatic heterocycles. The van der Waals surface area contributed by atoms with E-state index in [2.05, 4.69) is 42.8 Å². The number of nitrogens with zero attached hydrogens (tertiary/aromatic N) is 1. The summed E-state index contributed by atoms with van der Waals surface area (Å²) in [6.45, 7) is 7.92. The number of aliphatic hydroxyl groups is 1. The van der Waals surface area contributed by atoms with Crippen LogP contribution in [0.15, 0.2) is 36.2 Å². The quantitative estimate of drug-likeness (QED) is 0.644. The average Bonchev–Trinajstić information content (AvgIpc) is 2.55. The second-order valence-corrected chi connectivity index (χ2v) is 7.32. The number of hydrogen-bond acceptors (Lipinski definition) is 2. The van der Waals surface area contributed by atoms with E-state index in [-0.39, 0.29) is 0 Å². The van der Waals surface area contributed by atoms with E-state index in [1.807, 2.05) is 25.4 Å². The van der Waals surface area contributed by atoms with Crippen LogP contribution < -0.4 is 4.90 Å². The van der Waals surface area contributed by atoms with Gasteiger partial charge in [-0.1, -0.05) is 23.6 Å². The molecule has 2 heterocycles. The molecular formula is C21H31N2O+. The Morgan fingerprint density at radius 1 is 1.46 bits per heavy atom. The third kappa shape index (κ3) is 6.11. The zero-order chi connectivity index (χ0) is 17.4. The summed E-state index contributed by atoms with van der Waals surface area (Å²) in [5, 5.41) is 10.4. The molecule has 1 aliphatic heterocycles. The second kappa shape index (κ2) is 9.01. The predicted octanol–water partition coefficient (Wildman–Crippen LogP) is 2.69. The van der Waals surface area contributed by atoms with Gasteiger partial charge in [-0.3, -0.25) is 4.98 Å². The number of piperidine rings is 1. The minimum absolute atomic E-state index is 0.484. The summed E-state index contributed by atoms with van der Waals surface area (Å²) >= 11 is 0. The monoisotopic (exact) mass is 327 g/mol. The lowest BCUT2D eigenvalue weighted by Crippen LogP contribution is -3.13. The fourth-order valence-electron chi connectivity index (χ4n) is 3.33. The fourth-order valence-corrected chi connectivity index (χ4v) is 3.33. The first-order chi connectivity index (χ1) is 11.5. The van der Waals surface area contributed by atoms with Gasteiger partial charge in [-0.2, -0.15) is 0 Å². The zero-order valence-corrected chi connectivity index (χ0v) is 15.3. The Bertz CT molecular complexity index is 591. The van der Waals surface area contributed by atoms with Gasteiger partial charge in [0.05, 0.1) is 6.54 Å². The third-order valence-corrected chi connectivity index (χ3v) is 4.68. The normalized spacial score (nSPS) is 22.8. The van der Waals surface area contributed by atoms with Crippen molar-refractivity contribution in [2.24, 2.45) is 0 Å². The molecule has 3 heteroatoms. The largest absolute Gasteiger partial charge is 0.378 e. The molecule has 2 N–H and O–H groups in total. The van der Waals surface area contributed by atoms with Gasteiger partial charge in [0, 0.05) is 24.4 Å². The molecule has 0 aromatic carbocycles. The highest BCUT2D eigenvalue weighted by molar-refractivity contribution is 5.14. The Hall–Kier alpha value is -1.63. The molecule has 130 valence electrons. The van der Waals surface area contributed by atoms with E-state index >= 15 is 0 Å². The fraction of sp³-hybridized carbons (Fsp3) is 0.571. The van der Waals surface area contributed by atoms with Crippen molar-refractivity contribution in [3.63, 3.8) is 0 Å². The number of allylic oxidation sites excluding steroid dienone is 2. The summed E-state index contributed by atoms with van der Waals surface area (Å²) < 4.78 is 0. The van der Waals surface area contributed by atoms with Gasteiger partial charge in [0.2, 0.25) is 0 Å². The summed E-state index contributed by atoms with van der Waals surface area (Å²) in [6, 6.07) is 4.67. The lowest BCUT2D eigenvalue weighted by Gasteiger charge is -2.31. The van der Waals surface area contributed by atoms with E-state index in [1.165, 1.54) is 35.3 Å². The molecule has 2 rings (SSSR count). The van der Waals surface area contributed by atoms with Gasteiger partial charge in [-0.15, -0.1) is 0 Å². The summed E-state index contributed by atoms with van der Waals surface area (Å²) in [6.07, 6.45) is 11.3. The molecule has 24 heavy (non-hydrogen) atoms. The number of pyridine rings is 1. The second-order valence-electron chi connectivity index (χ2n) is 7.32. The van der Waals surface area contributed by atoms with Crippen LogP contribution in [-0.2, 0) is 0 Å². The van der Waals surface area contributed by atoms with Gasteiger partial charge >= 0.3 is 0 Å². The first-order valence-electron chi connectivity index (χ1n) is 9.08. The molecule has 1 saturated heterocycles. The molecule has 1 aromatic rings. The Morgan fingerprint density at radius 3 is 3.00 bits per heavy atom. The van der Waals surface area contributed by atoms with Gasteiger partial charge in [0.15, 0.2) is 0 Å². The number of rotatable bonds is 5. The van der Waals surface area contributed by atoms with Crippen LogP contribution in [0.2, 0.25) is 0 Å². The number of aromatic nitrogens is 1. The van der Waals surface area contributed by atoms with Gasteiger partial charge < -0.3 is 10.0 Å². The molecule has 1 aliphatic rings. The van der Waals surface area contributed by atoms with Gasteiger partial charge in [-0.05, 0) is 58.4 Å². The SMILES string of the molecule is CC(C)=CCC[C@@](C)(O)C#CC[NH+]1CCCC[C@H]1c1cccnc1. The van der Waals surface area contributed by atoms with E-state index in [4.69, 9.17) is 0 Å². The van der Waals surface area contributed by atoms with Crippen molar-refractivity contribution in [2.45, 2.75) is 64.5 Å². The predicted molar refractivity (Wildman–Crippen MR) is 98.6 cm³/mol. The van der Waals surface area contributed by atoms with E-state index in [9.17, 15) is 5.11 Å². The molecule has 0 bridgehead atoms. The molecule has 0 radical (unpaired) electrons. The summed E-state index contributed by atoms with van der Waals surface area (Å²) in [5.41, 5.74) is 1.70. The van der Waals surface area contributed by atoms with Crippen molar-refractivity contribution in [3.05, 3.63) is 41.7 Å². The van der Waals surface area contributed by atoms with Crippen LogP contribution in [0.25, 0.3) is 0 Å². The van der Waals surface area contributed by atoms with Gasteiger partial charge in [0.1, 0.15) is 18.2 Å². The molecule has 3 atom stereocenters. The van der Waals surface area contributed by atoms with Crippen molar-refractivity contribution in [2.75, 3.05) is 13.1 Å². The standard InChI is InChI=1S/C21H30N2O/c1-18(2)9-6-12-21(3,24)13-8-16-23-15-5-4-11-20(23)19-10-7-14-22-17-19/h7,9-10,14,17,20,24H,4-6,11-12,15-16H2,1-3H3/p+1/t20-,21+/m0/s1. The maximum atomic E-state index is 10.4. The average molecular weight is 327 g/mol. The molecule has 0 saturated carbocycles. The van der Waals surface area contributed by atoms with Crippen LogP contribution in [0.4, 0.5) is 0 Å². The highest BCUT2D eigenvalue weighted by atomic mass is 16.3. The van der Waals surface area contributed by atoms with Gasteiger partial charge in [-0.25, -0.2) is 0 Å². The van der Waals surface area contributed by atoms with Crippen molar-refractivity contribution in [1.29, 1.82) is 0 Å². The minimum Gasteiger partial charge on any atom is -0.378 e. The van der Waals surface area contributed by atoms with Crippen LogP contribution in [0.3, 0.4) is 0 Å². The van der Waals surface area contributed by atoms with Crippen LogP contribution >= 0.6 is 0 Å².